The maximum atomic E-state index is 13.6. The molecule has 1 aliphatic rings. The third kappa shape index (κ3) is 9.14. The third-order valence-electron chi connectivity index (χ3n) is 9.12. The topological polar surface area (TPSA) is 152 Å². The molecule has 10 heteroatoms. The highest BCUT2D eigenvalue weighted by Gasteiger charge is 2.45. The van der Waals surface area contributed by atoms with Gasteiger partial charge in [-0.25, -0.2) is 4.79 Å². The van der Waals surface area contributed by atoms with Gasteiger partial charge in [0.15, 0.2) is 0 Å². The highest BCUT2D eigenvalue weighted by atomic mass is 16.6. The lowest BCUT2D eigenvalue weighted by atomic mass is 9.68. The first-order chi connectivity index (χ1) is 21.3. The summed E-state index contributed by atoms with van der Waals surface area (Å²) in [5, 5.41) is 5.92. The summed E-state index contributed by atoms with van der Waals surface area (Å²) in [4.78, 5) is 31.1. The number of hydrogen-bond acceptors (Lipinski definition) is 8. The fourth-order valence-electron chi connectivity index (χ4n) is 6.42. The molecular formula is C35H55N7O3. The minimum absolute atomic E-state index is 0.117. The Morgan fingerprint density at radius 2 is 1.64 bits per heavy atom. The largest absolute Gasteiger partial charge is 0.414 e. The number of amides is 2. The van der Waals surface area contributed by atoms with E-state index >= 15 is 0 Å². The SMILES string of the molecule is C/C=C(\OC(=O)NCC1CCC(C)(C)N1C(=O)[C@@H](N)CCCNC(N)N)C(CC(C)N(C)C)(c1ccccc1)c1ccccc1. The van der Waals surface area contributed by atoms with Crippen molar-refractivity contribution in [3.05, 3.63) is 83.6 Å². The minimum atomic E-state index is -0.717. The van der Waals surface area contributed by atoms with Crippen LogP contribution in [0, 0.1) is 0 Å². The molecule has 2 aromatic rings. The zero-order chi connectivity index (χ0) is 33.2. The molecule has 10 nitrogen and oxygen atoms in total. The molecule has 1 aliphatic heterocycles. The van der Waals surface area contributed by atoms with Gasteiger partial charge in [-0.05, 0) is 97.6 Å². The molecular weight excluding hydrogens is 566 g/mol. The predicted molar refractivity (Wildman–Crippen MR) is 181 cm³/mol. The van der Waals surface area contributed by atoms with Gasteiger partial charge >= 0.3 is 6.09 Å². The van der Waals surface area contributed by atoms with E-state index in [1.807, 2.05) is 68.1 Å². The molecule has 3 rings (SSSR count). The van der Waals surface area contributed by atoms with E-state index in [4.69, 9.17) is 21.9 Å². The summed E-state index contributed by atoms with van der Waals surface area (Å²) in [6.45, 7) is 9.01. The molecule has 0 aliphatic carbocycles. The molecule has 2 aromatic carbocycles. The molecule has 0 bridgehead atoms. The molecule has 0 radical (unpaired) electrons. The highest BCUT2D eigenvalue weighted by Crippen LogP contribution is 2.44. The highest BCUT2D eigenvalue weighted by molar-refractivity contribution is 5.83. The molecule has 1 fully saturated rings. The number of benzene rings is 2. The van der Waals surface area contributed by atoms with E-state index in [0.717, 1.165) is 24.0 Å². The standard InChI is InChI=1S/C35H55N7O3/c1-7-30(35(23-25(2)41(5)6,26-15-10-8-11-16-26)27-17-12-9-13-18-27)45-33(44)40-24-28-20-21-34(3,4)42(28)31(43)29(36)19-14-22-39-32(37)38/h7-13,15-18,25,28-29,32,39H,14,19-24,36-38H2,1-6H3,(H,40,44)/b30-7-/t25?,28?,29-/m0/s1. The van der Waals surface area contributed by atoms with E-state index in [-0.39, 0.29) is 30.1 Å². The number of nitrogens with one attached hydrogen (secondary N) is 2. The van der Waals surface area contributed by atoms with Gasteiger partial charge in [-0.1, -0.05) is 60.7 Å². The lowest BCUT2D eigenvalue weighted by Gasteiger charge is -2.40. The van der Waals surface area contributed by atoms with Gasteiger partial charge in [-0.15, -0.1) is 0 Å². The van der Waals surface area contributed by atoms with E-state index in [1.54, 1.807) is 0 Å². The number of nitrogens with two attached hydrogens (primary N) is 3. The van der Waals surface area contributed by atoms with Crippen LogP contribution in [0.2, 0.25) is 0 Å². The second-order valence-electron chi connectivity index (χ2n) is 13.0. The molecule has 3 atom stereocenters. The third-order valence-corrected chi connectivity index (χ3v) is 9.12. The number of hydrogen-bond donors (Lipinski definition) is 5. The van der Waals surface area contributed by atoms with Crippen LogP contribution < -0.4 is 27.8 Å². The zero-order valence-corrected chi connectivity index (χ0v) is 28.0. The second kappa shape index (κ2) is 16.3. The van der Waals surface area contributed by atoms with Gasteiger partial charge in [0.25, 0.3) is 0 Å². The van der Waals surface area contributed by atoms with Crippen LogP contribution in [0.15, 0.2) is 72.5 Å². The fraction of sp³-hybridized carbons (Fsp3) is 0.543. The van der Waals surface area contributed by atoms with Gasteiger partial charge in [0.2, 0.25) is 5.91 Å². The van der Waals surface area contributed by atoms with Crippen LogP contribution in [0.4, 0.5) is 4.79 Å². The summed E-state index contributed by atoms with van der Waals surface area (Å²) in [6, 6.07) is 19.7. The summed E-state index contributed by atoms with van der Waals surface area (Å²) < 4.78 is 6.23. The number of likely N-dealkylation sites (tertiary alicyclic amines) is 1. The van der Waals surface area contributed by atoms with Crippen LogP contribution in [0.3, 0.4) is 0 Å². The van der Waals surface area contributed by atoms with Crippen LogP contribution in [0.1, 0.15) is 70.9 Å². The van der Waals surface area contributed by atoms with Crippen molar-refractivity contribution in [2.45, 2.75) is 95.2 Å². The van der Waals surface area contributed by atoms with Crippen molar-refractivity contribution in [1.82, 2.24) is 20.4 Å². The Balaban J connectivity index is 1.81. The molecule has 45 heavy (non-hydrogen) atoms. The molecule has 248 valence electrons. The molecule has 0 spiro atoms. The number of nitrogens with zero attached hydrogens (tertiary/aromatic N) is 2. The van der Waals surface area contributed by atoms with Crippen molar-refractivity contribution in [3.8, 4) is 0 Å². The van der Waals surface area contributed by atoms with Crippen molar-refractivity contribution in [2.75, 3.05) is 27.2 Å². The van der Waals surface area contributed by atoms with Crippen LogP contribution in [0.25, 0.3) is 0 Å². The van der Waals surface area contributed by atoms with Crippen LogP contribution in [-0.4, -0.2) is 78.9 Å². The van der Waals surface area contributed by atoms with E-state index in [0.29, 0.717) is 31.6 Å². The summed E-state index contributed by atoms with van der Waals surface area (Å²) in [6.07, 6.45) is 4.16. The molecule has 1 heterocycles. The number of allylic oxidation sites excluding steroid dienone is 2. The summed E-state index contributed by atoms with van der Waals surface area (Å²) in [7, 11) is 4.12. The van der Waals surface area contributed by atoms with Gasteiger partial charge in [0, 0.05) is 24.2 Å². The number of rotatable bonds is 15. The first kappa shape index (κ1) is 36.2. The van der Waals surface area contributed by atoms with Crippen molar-refractivity contribution in [2.24, 2.45) is 17.2 Å². The average Bonchev–Trinajstić information content (AvgIpc) is 3.33. The molecule has 2 unspecified atom stereocenters. The Labute approximate surface area is 269 Å². The summed E-state index contributed by atoms with van der Waals surface area (Å²) in [5.41, 5.74) is 18.4. The first-order valence-corrected chi connectivity index (χ1v) is 16.1. The van der Waals surface area contributed by atoms with Gasteiger partial charge in [-0.2, -0.15) is 0 Å². The predicted octanol–water partition coefficient (Wildman–Crippen LogP) is 3.61. The fourth-order valence-corrected chi connectivity index (χ4v) is 6.42. The average molecular weight is 622 g/mol. The summed E-state index contributed by atoms with van der Waals surface area (Å²) >= 11 is 0. The van der Waals surface area contributed by atoms with E-state index in [9.17, 15) is 9.59 Å². The Hall–Kier alpha value is -3.28. The smallest absolute Gasteiger partial charge is 0.412 e. The van der Waals surface area contributed by atoms with E-state index in [2.05, 4.69) is 60.8 Å². The minimum Gasteiger partial charge on any atom is -0.414 e. The normalized spacial score (nSPS) is 18.2. The van der Waals surface area contributed by atoms with Gasteiger partial charge < -0.3 is 37.1 Å². The van der Waals surface area contributed by atoms with Crippen molar-refractivity contribution in [1.29, 1.82) is 0 Å². The van der Waals surface area contributed by atoms with Gasteiger partial charge in [0.05, 0.1) is 11.5 Å². The number of alkyl carbamates (subject to hydrolysis) is 1. The molecule has 0 aromatic heterocycles. The van der Waals surface area contributed by atoms with Gasteiger partial charge in [-0.3, -0.25) is 10.1 Å². The molecule has 1 saturated heterocycles. The van der Waals surface area contributed by atoms with Crippen molar-refractivity contribution in [3.63, 3.8) is 0 Å². The number of ether oxygens (including phenoxy) is 1. The Bertz CT molecular complexity index is 1210. The number of carbonyl (C=O) groups excluding carboxylic acids is 2. The van der Waals surface area contributed by atoms with Crippen LogP contribution in [0.5, 0.6) is 0 Å². The second-order valence-corrected chi connectivity index (χ2v) is 13.0. The Morgan fingerprint density at radius 3 is 2.16 bits per heavy atom. The van der Waals surface area contributed by atoms with Crippen molar-refractivity contribution < 1.29 is 14.3 Å². The van der Waals surface area contributed by atoms with E-state index in [1.165, 1.54) is 0 Å². The quantitative estimate of drug-likeness (QED) is 0.115. The number of carbonyl (C=O) groups is 2. The Morgan fingerprint density at radius 1 is 1.07 bits per heavy atom. The lowest BCUT2D eigenvalue weighted by molar-refractivity contribution is -0.138. The molecule has 2 amide bonds. The van der Waals surface area contributed by atoms with Crippen LogP contribution in [-0.2, 0) is 14.9 Å². The van der Waals surface area contributed by atoms with Crippen molar-refractivity contribution >= 4 is 12.0 Å². The maximum Gasteiger partial charge on any atom is 0.412 e. The monoisotopic (exact) mass is 621 g/mol. The maximum absolute atomic E-state index is 13.6. The zero-order valence-electron chi connectivity index (χ0n) is 28.0. The van der Waals surface area contributed by atoms with Gasteiger partial charge in [0.1, 0.15) is 12.0 Å². The molecule has 0 saturated carbocycles. The van der Waals surface area contributed by atoms with Crippen LogP contribution >= 0.6 is 0 Å². The van der Waals surface area contributed by atoms with E-state index < -0.39 is 23.8 Å². The molecule has 8 N–H and O–H groups in total. The lowest BCUT2D eigenvalue weighted by Crippen LogP contribution is -2.56. The Kier molecular flexibility index (Phi) is 13.1. The first-order valence-electron chi connectivity index (χ1n) is 16.1. The summed E-state index contributed by atoms with van der Waals surface area (Å²) in [5.74, 6) is 0.437.